The lowest BCUT2D eigenvalue weighted by Gasteiger charge is -2.26. The second-order valence-corrected chi connectivity index (χ2v) is 10.00. The largest absolute Gasteiger partial charge is 0.497 e. The van der Waals surface area contributed by atoms with Crippen molar-refractivity contribution in [1.29, 1.82) is 0 Å². The molecule has 1 saturated heterocycles. The predicted octanol–water partition coefficient (Wildman–Crippen LogP) is 5.77. The third kappa shape index (κ3) is 4.80. The highest BCUT2D eigenvalue weighted by Crippen LogP contribution is 2.39. The van der Waals surface area contributed by atoms with Crippen molar-refractivity contribution in [2.24, 2.45) is 0 Å². The van der Waals surface area contributed by atoms with Crippen LogP contribution in [0.3, 0.4) is 0 Å². The summed E-state index contributed by atoms with van der Waals surface area (Å²) in [5, 5.41) is 5.14. The molecule has 3 heterocycles. The Balaban J connectivity index is 1.68. The maximum atomic E-state index is 13.6. The molecule has 4 aromatic rings. The number of carbonyl (C=O) groups is 1. The second kappa shape index (κ2) is 9.79. The summed E-state index contributed by atoms with van der Waals surface area (Å²) in [5.41, 5.74) is 1.10. The van der Waals surface area contributed by atoms with Crippen molar-refractivity contribution >= 4 is 28.1 Å². The number of alkyl halides is 3. The van der Waals surface area contributed by atoms with Gasteiger partial charge in [-0.15, -0.1) is 0 Å². The van der Waals surface area contributed by atoms with Gasteiger partial charge < -0.3 is 14.4 Å². The number of rotatable bonds is 5. The number of benzene rings is 2. The Morgan fingerprint density at radius 3 is 2.57 bits per heavy atom. The highest BCUT2D eigenvalue weighted by atomic mass is 32.1. The van der Waals surface area contributed by atoms with Crippen LogP contribution in [0.25, 0.3) is 27.3 Å². The normalized spacial score (nSPS) is 14.5. The number of carbonyl (C=O) groups excluding carboxylic acids is 1. The number of halogens is 3. The summed E-state index contributed by atoms with van der Waals surface area (Å²) in [6, 6.07) is 10.9. The van der Waals surface area contributed by atoms with Crippen LogP contribution in [0.1, 0.15) is 40.7 Å². The lowest BCUT2D eigenvalue weighted by molar-refractivity contribution is -0.137. The first-order valence-corrected chi connectivity index (χ1v) is 12.6. The van der Waals surface area contributed by atoms with Gasteiger partial charge in [-0.05, 0) is 36.2 Å². The van der Waals surface area contributed by atoms with E-state index in [-0.39, 0.29) is 17.0 Å². The van der Waals surface area contributed by atoms with Crippen LogP contribution in [0, 0.1) is 0 Å². The summed E-state index contributed by atoms with van der Waals surface area (Å²) in [6.07, 6.45) is -4.55. The summed E-state index contributed by atoms with van der Waals surface area (Å²) in [6.45, 7) is 5.52. The van der Waals surface area contributed by atoms with Crippen LogP contribution < -0.4 is 4.74 Å². The van der Waals surface area contributed by atoms with Crippen molar-refractivity contribution in [1.82, 2.24) is 19.7 Å². The van der Waals surface area contributed by atoms with E-state index in [0.29, 0.717) is 42.7 Å². The average molecular weight is 531 g/mol. The minimum absolute atomic E-state index is 0.0350. The molecule has 0 aliphatic carbocycles. The monoisotopic (exact) mass is 530 g/mol. The molecule has 1 aliphatic heterocycles. The van der Waals surface area contributed by atoms with Crippen molar-refractivity contribution in [3.63, 3.8) is 0 Å². The third-order valence-corrected chi connectivity index (χ3v) is 7.53. The van der Waals surface area contributed by atoms with Crippen LogP contribution in [0.2, 0.25) is 0 Å². The van der Waals surface area contributed by atoms with Crippen molar-refractivity contribution < 1.29 is 27.4 Å². The Morgan fingerprint density at radius 2 is 1.89 bits per heavy atom. The summed E-state index contributed by atoms with van der Waals surface area (Å²) in [5.74, 6) is 0.380. The van der Waals surface area contributed by atoms with Gasteiger partial charge in [0.25, 0.3) is 5.91 Å². The molecule has 11 heteroatoms. The van der Waals surface area contributed by atoms with Gasteiger partial charge >= 0.3 is 6.18 Å². The zero-order valence-electron chi connectivity index (χ0n) is 20.5. The molecule has 0 spiro atoms. The van der Waals surface area contributed by atoms with Crippen LogP contribution in [-0.4, -0.2) is 59.0 Å². The minimum atomic E-state index is -4.55. The molecule has 37 heavy (non-hydrogen) atoms. The molecule has 0 atom stereocenters. The molecule has 0 N–H and O–H groups in total. The second-order valence-electron chi connectivity index (χ2n) is 8.99. The fraction of sp³-hybridized carbons (Fsp3) is 0.346. The van der Waals surface area contributed by atoms with Crippen molar-refractivity contribution in [2.75, 3.05) is 33.4 Å². The molecule has 1 amide bonds. The Bertz CT molecular complexity index is 1460. The van der Waals surface area contributed by atoms with Gasteiger partial charge in [0.15, 0.2) is 5.69 Å². The fourth-order valence-corrected chi connectivity index (χ4v) is 5.35. The van der Waals surface area contributed by atoms with E-state index in [1.165, 1.54) is 22.1 Å². The van der Waals surface area contributed by atoms with E-state index >= 15 is 0 Å². The Morgan fingerprint density at radius 1 is 1.14 bits per heavy atom. The Hall–Kier alpha value is -3.44. The summed E-state index contributed by atoms with van der Waals surface area (Å²) >= 11 is 1.40. The number of aromatic nitrogens is 3. The molecule has 194 valence electrons. The van der Waals surface area contributed by atoms with Crippen molar-refractivity contribution in [3.05, 3.63) is 58.6 Å². The molecule has 2 aromatic carbocycles. The Kier molecular flexibility index (Phi) is 6.67. The maximum Gasteiger partial charge on any atom is 0.416 e. The van der Waals surface area contributed by atoms with Crippen LogP contribution in [-0.2, 0) is 10.9 Å². The molecule has 2 aromatic heterocycles. The highest BCUT2D eigenvalue weighted by molar-refractivity contribution is 7.14. The molecule has 0 bridgehead atoms. The number of methoxy groups -OCH3 is 1. The summed E-state index contributed by atoms with van der Waals surface area (Å²) in [7, 11) is 1.59. The fourth-order valence-electron chi connectivity index (χ4n) is 4.29. The van der Waals surface area contributed by atoms with Gasteiger partial charge in [-0.3, -0.25) is 4.79 Å². The van der Waals surface area contributed by atoms with Crippen molar-refractivity contribution in [3.8, 4) is 22.1 Å². The van der Waals surface area contributed by atoms with Crippen molar-refractivity contribution in [2.45, 2.75) is 25.9 Å². The molecule has 1 fully saturated rings. The number of thiazole rings is 1. The van der Waals surface area contributed by atoms with Crippen LogP contribution in [0.4, 0.5) is 13.2 Å². The van der Waals surface area contributed by atoms with E-state index < -0.39 is 17.6 Å². The molecule has 1 aliphatic rings. The number of hydrogen-bond donors (Lipinski definition) is 0. The molecule has 7 nitrogen and oxygen atoms in total. The van der Waals surface area contributed by atoms with Gasteiger partial charge in [-0.1, -0.05) is 37.3 Å². The van der Waals surface area contributed by atoms with E-state index in [1.807, 2.05) is 38.1 Å². The number of morpholine rings is 1. The number of amides is 1. The molecule has 0 saturated carbocycles. The third-order valence-electron chi connectivity index (χ3n) is 6.20. The topological polar surface area (TPSA) is 69.5 Å². The molecule has 0 unspecified atom stereocenters. The number of hydrogen-bond acceptors (Lipinski definition) is 6. The van der Waals surface area contributed by atoms with E-state index in [9.17, 15) is 18.0 Å². The first kappa shape index (κ1) is 25.2. The zero-order chi connectivity index (χ0) is 26.3. The van der Waals surface area contributed by atoms with E-state index in [4.69, 9.17) is 14.5 Å². The van der Waals surface area contributed by atoms with Crippen LogP contribution in [0.15, 0.2) is 42.5 Å². The van der Waals surface area contributed by atoms with Crippen LogP contribution in [0.5, 0.6) is 5.75 Å². The number of fused-ring (bicyclic) bond motifs is 1. The summed E-state index contributed by atoms with van der Waals surface area (Å²) < 4.78 is 52.9. The SMILES string of the molecule is COc1cccc(-c2nc(-n3nc(C(=O)N4CCOCC4)c4cc(C(F)(F)F)ccc43)sc2C(C)C)c1. The number of ether oxygens (including phenoxy) is 2. The lowest BCUT2D eigenvalue weighted by atomic mass is 10.1. The molecular formula is C26H25F3N4O3S. The predicted molar refractivity (Wildman–Crippen MR) is 135 cm³/mol. The number of nitrogens with zero attached hydrogens (tertiary/aromatic N) is 4. The molecular weight excluding hydrogens is 505 g/mol. The van der Waals surface area contributed by atoms with Gasteiger partial charge in [0.1, 0.15) is 5.75 Å². The average Bonchev–Trinajstić information content (AvgIpc) is 3.50. The summed E-state index contributed by atoms with van der Waals surface area (Å²) in [4.78, 5) is 20.8. The van der Waals surface area contributed by atoms with E-state index in [0.717, 1.165) is 28.3 Å². The smallest absolute Gasteiger partial charge is 0.416 e. The Labute approximate surface area is 215 Å². The minimum Gasteiger partial charge on any atom is -0.497 e. The zero-order valence-corrected chi connectivity index (χ0v) is 21.3. The van der Waals surface area contributed by atoms with Gasteiger partial charge in [0.2, 0.25) is 5.13 Å². The van der Waals surface area contributed by atoms with Gasteiger partial charge in [0.05, 0.1) is 37.1 Å². The molecule has 0 radical (unpaired) electrons. The maximum absolute atomic E-state index is 13.6. The first-order chi connectivity index (χ1) is 17.7. The van der Waals surface area contributed by atoms with Gasteiger partial charge in [-0.2, -0.15) is 18.3 Å². The first-order valence-electron chi connectivity index (χ1n) is 11.8. The standard InChI is InChI=1S/C26H25F3N4O3S/c1-15(2)23-21(16-5-4-6-18(13-16)35-3)30-25(37-23)33-20-8-7-17(26(27,28)29)14-19(20)22(31-33)24(34)32-9-11-36-12-10-32/h4-8,13-15H,9-12H2,1-3H3. The van der Waals surface area contributed by atoms with E-state index in [1.54, 1.807) is 12.0 Å². The molecule has 5 rings (SSSR count). The van der Waals surface area contributed by atoms with Gasteiger partial charge in [-0.25, -0.2) is 9.67 Å². The quantitative estimate of drug-likeness (QED) is 0.328. The highest BCUT2D eigenvalue weighted by Gasteiger charge is 2.33. The van der Waals surface area contributed by atoms with Gasteiger partial charge in [0, 0.05) is 28.9 Å². The van der Waals surface area contributed by atoms with E-state index in [2.05, 4.69) is 5.10 Å². The lowest BCUT2D eigenvalue weighted by Crippen LogP contribution is -2.41. The van der Waals surface area contributed by atoms with Crippen LogP contribution >= 0.6 is 11.3 Å².